The summed E-state index contributed by atoms with van der Waals surface area (Å²) in [6.45, 7) is 3.21. The maximum absolute atomic E-state index is 13.1. The number of benzene rings is 2. The van der Waals surface area contributed by atoms with E-state index in [1.165, 1.54) is 6.07 Å². The van der Waals surface area contributed by atoms with E-state index in [2.05, 4.69) is 5.32 Å². The van der Waals surface area contributed by atoms with Gasteiger partial charge in [0.15, 0.2) is 0 Å². The summed E-state index contributed by atoms with van der Waals surface area (Å²) in [5, 5.41) is 13.6. The van der Waals surface area contributed by atoms with Crippen molar-refractivity contribution in [1.29, 1.82) is 0 Å². The summed E-state index contributed by atoms with van der Waals surface area (Å²) in [5.74, 6) is 0. The van der Waals surface area contributed by atoms with Crippen LogP contribution in [0.5, 0.6) is 0 Å². The largest absolute Gasteiger partial charge is 0.416 e. The van der Waals surface area contributed by atoms with Crippen molar-refractivity contribution in [1.82, 2.24) is 0 Å². The van der Waals surface area contributed by atoms with E-state index >= 15 is 0 Å². The molecule has 0 spiro atoms. The van der Waals surface area contributed by atoms with Crippen molar-refractivity contribution < 1.29 is 23.0 Å². The van der Waals surface area contributed by atoms with Crippen LogP contribution in [-0.4, -0.2) is 37.1 Å². The second-order valence-corrected chi connectivity index (χ2v) is 7.07. The Bertz CT molecular complexity index is 847. The van der Waals surface area contributed by atoms with Crippen LogP contribution in [0.1, 0.15) is 11.1 Å². The number of nitrogens with one attached hydrogen (secondary N) is 1. The molecule has 1 fully saturated rings. The molecule has 0 atom stereocenters. The topological polar surface area (TPSA) is 44.7 Å². The molecular formula is C19H19F3N2O2. The SMILES string of the molecule is Cc1cc(-c2ccc3c(c2)N(CC2(O)COC2)CN3)cc(C(F)(F)F)c1. The predicted octanol–water partition coefficient (Wildman–Crippen LogP) is 3.63. The van der Waals surface area contributed by atoms with E-state index in [0.29, 0.717) is 43.1 Å². The summed E-state index contributed by atoms with van der Waals surface area (Å²) < 4.78 is 44.4. The number of rotatable bonds is 3. The Balaban J connectivity index is 1.68. The van der Waals surface area contributed by atoms with Crippen molar-refractivity contribution in [2.75, 3.05) is 36.6 Å². The van der Waals surface area contributed by atoms with E-state index in [9.17, 15) is 18.3 Å². The monoisotopic (exact) mass is 364 g/mol. The van der Waals surface area contributed by atoms with Crippen LogP contribution in [-0.2, 0) is 10.9 Å². The van der Waals surface area contributed by atoms with Crippen LogP contribution in [0.15, 0.2) is 36.4 Å². The zero-order valence-corrected chi connectivity index (χ0v) is 14.2. The van der Waals surface area contributed by atoms with Crippen molar-refractivity contribution in [3.63, 3.8) is 0 Å². The number of fused-ring (bicyclic) bond motifs is 1. The lowest BCUT2D eigenvalue weighted by atomic mass is 9.98. The first-order valence-electron chi connectivity index (χ1n) is 8.36. The van der Waals surface area contributed by atoms with Gasteiger partial charge in [-0.3, -0.25) is 0 Å². The summed E-state index contributed by atoms with van der Waals surface area (Å²) >= 11 is 0. The fourth-order valence-corrected chi connectivity index (χ4v) is 3.43. The predicted molar refractivity (Wildman–Crippen MR) is 93.2 cm³/mol. The highest BCUT2D eigenvalue weighted by atomic mass is 19.4. The van der Waals surface area contributed by atoms with E-state index in [4.69, 9.17) is 4.74 Å². The van der Waals surface area contributed by atoms with Crippen LogP contribution in [0.4, 0.5) is 24.5 Å². The average Bonchev–Trinajstić information content (AvgIpc) is 2.94. The number of alkyl halides is 3. The Morgan fingerprint density at radius 1 is 1.15 bits per heavy atom. The molecule has 0 aromatic heterocycles. The Kier molecular flexibility index (Phi) is 3.89. The maximum atomic E-state index is 13.1. The van der Waals surface area contributed by atoms with Gasteiger partial charge in [-0.1, -0.05) is 12.1 Å². The lowest BCUT2D eigenvalue weighted by Gasteiger charge is -2.39. The fraction of sp³-hybridized carbons (Fsp3) is 0.368. The van der Waals surface area contributed by atoms with Crippen LogP contribution >= 0.6 is 0 Å². The van der Waals surface area contributed by atoms with Gasteiger partial charge in [-0.25, -0.2) is 0 Å². The van der Waals surface area contributed by atoms with Crippen molar-refractivity contribution in [3.8, 4) is 11.1 Å². The molecule has 2 N–H and O–H groups in total. The molecule has 4 nitrogen and oxygen atoms in total. The number of hydrogen-bond donors (Lipinski definition) is 2. The molecule has 2 aliphatic rings. The van der Waals surface area contributed by atoms with Gasteiger partial charge in [0.2, 0.25) is 0 Å². The van der Waals surface area contributed by atoms with E-state index in [0.717, 1.165) is 17.4 Å². The number of aliphatic hydroxyl groups is 1. The molecule has 26 heavy (non-hydrogen) atoms. The van der Waals surface area contributed by atoms with E-state index in [1.54, 1.807) is 13.0 Å². The second kappa shape index (κ2) is 5.89. The molecule has 2 aliphatic heterocycles. The summed E-state index contributed by atoms with van der Waals surface area (Å²) in [5.41, 5.74) is 2.06. The van der Waals surface area contributed by atoms with Crippen LogP contribution in [0.25, 0.3) is 11.1 Å². The first-order chi connectivity index (χ1) is 12.2. The molecule has 0 saturated carbocycles. The number of aryl methyl sites for hydroxylation is 1. The summed E-state index contributed by atoms with van der Waals surface area (Å²) in [6.07, 6.45) is -4.38. The van der Waals surface area contributed by atoms with Gasteiger partial charge in [0, 0.05) is 0 Å². The molecule has 0 unspecified atom stereocenters. The Morgan fingerprint density at radius 2 is 1.92 bits per heavy atom. The number of nitrogens with zero attached hydrogens (tertiary/aromatic N) is 1. The zero-order valence-electron chi connectivity index (χ0n) is 14.2. The summed E-state index contributed by atoms with van der Waals surface area (Å²) in [6, 6.07) is 9.61. The highest BCUT2D eigenvalue weighted by Gasteiger charge is 2.39. The minimum absolute atomic E-state index is 0.297. The fourth-order valence-electron chi connectivity index (χ4n) is 3.43. The molecular weight excluding hydrogens is 345 g/mol. The molecule has 2 aromatic carbocycles. The van der Waals surface area contributed by atoms with Crippen LogP contribution in [0.3, 0.4) is 0 Å². The molecule has 2 aromatic rings. The van der Waals surface area contributed by atoms with Crippen LogP contribution < -0.4 is 10.2 Å². The van der Waals surface area contributed by atoms with Crippen molar-refractivity contribution in [3.05, 3.63) is 47.5 Å². The third kappa shape index (κ3) is 3.12. The third-order valence-corrected chi connectivity index (χ3v) is 4.76. The average molecular weight is 364 g/mol. The summed E-state index contributed by atoms with van der Waals surface area (Å²) in [7, 11) is 0. The first kappa shape index (κ1) is 17.2. The van der Waals surface area contributed by atoms with Gasteiger partial charge in [0.05, 0.1) is 43.4 Å². The van der Waals surface area contributed by atoms with Crippen molar-refractivity contribution in [2.45, 2.75) is 18.7 Å². The number of anilines is 2. The molecule has 0 bridgehead atoms. The summed E-state index contributed by atoms with van der Waals surface area (Å²) in [4.78, 5) is 1.99. The van der Waals surface area contributed by atoms with Gasteiger partial charge < -0.3 is 20.1 Å². The molecule has 1 saturated heterocycles. The van der Waals surface area contributed by atoms with E-state index in [1.807, 2.05) is 23.1 Å². The Labute approximate surface area is 149 Å². The standard InChI is InChI=1S/C19H19F3N2O2/c1-12-4-14(6-15(5-12)19(20,21)22)13-2-3-16-17(7-13)24(11-23-16)8-18(25)9-26-10-18/h2-7,23,25H,8-11H2,1H3. The maximum Gasteiger partial charge on any atom is 0.416 e. The van der Waals surface area contributed by atoms with Crippen LogP contribution in [0.2, 0.25) is 0 Å². The highest BCUT2D eigenvalue weighted by molar-refractivity contribution is 5.81. The minimum atomic E-state index is -4.38. The second-order valence-electron chi connectivity index (χ2n) is 7.07. The third-order valence-electron chi connectivity index (χ3n) is 4.76. The molecule has 7 heteroatoms. The zero-order chi connectivity index (χ0) is 18.5. The minimum Gasteiger partial charge on any atom is -0.383 e. The number of β-amino-alcohol motifs (C(OH)–C–C–N with tert-alkyl or cyclic N) is 1. The van der Waals surface area contributed by atoms with E-state index in [-0.39, 0.29) is 0 Å². The van der Waals surface area contributed by atoms with Crippen LogP contribution in [0, 0.1) is 6.92 Å². The van der Waals surface area contributed by atoms with Gasteiger partial charge in [-0.15, -0.1) is 0 Å². The first-order valence-corrected chi connectivity index (χ1v) is 8.36. The number of halogens is 3. The van der Waals surface area contributed by atoms with Crippen molar-refractivity contribution in [2.24, 2.45) is 0 Å². The molecule has 0 radical (unpaired) electrons. The van der Waals surface area contributed by atoms with Gasteiger partial charge in [0.25, 0.3) is 0 Å². The Morgan fingerprint density at radius 3 is 2.58 bits per heavy atom. The quantitative estimate of drug-likeness (QED) is 0.873. The highest BCUT2D eigenvalue weighted by Crippen LogP contribution is 2.38. The smallest absolute Gasteiger partial charge is 0.383 e. The molecule has 4 rings (SSSR count). The van der Waals surface area contributed by atoms with Crippen molar-refractivity contribution >= 4 is 11.4 Å². The Hall–Kier alpha value is -2.25. The molecule has 138 valence electrons. The lowest BCUT2D eigenvalue weighted by Crippen LogP contribution is -2.57. The molecule has 0 aliphatic carbocycles. The van der Waals surface area contributed by atoms with Gasteiger partial charge in [-0.05, 0) is 47.9 Å². The lowest BCUT2D eigenvalue weighted by molar-refractivity contribution is -0.171. The van der Waals surface area contributed by atoms with Gasteiger partial charge in [-0.2, -0.15) is 13.2 Å². The van der Waals surface area contributed by atoms with E-state index < -0.39 is 17.3 Å². The van der Waals surface area contributed by atoms with Gasteiger partial charge in [0.1, 0.15) is 5.60 Å². The molecule has 2 heterocycles. The molecule has 0 amide bonds. The number of ether oxygens (including phenoxy) is 1. The van der Waals surface area contributed by atoms with Gasteiger partial charge >= 0.3 is 6.18 Å². The number of hydrogen-bond acceptors (Lipinski definition) is 4. The normalized spacial score (nSPS) is 18.3.